The van der Waals surface area contributed by atoms with Gasteiger partial charge in [0.25, 0.3) is 5.56 Å². The summed E-state index contributed by atoms with van der Waals surface area (Å²) < 4.78 is 1.94. The Bertz CT molecular complexity index is 960. The lowest BCUT2D eigenvalue weighted by atomic mass is 9.86. The minimum absolute atomic E-state index is 0.0205. The maximum absolute atomic E-state index is 13.6. The molecule has 1 saturated heterocycles. The molecule has 1 aromatic heterocycles. The van der Waals surface area contributed by atoms with E-state index < -0.39 is 0 Å². The molecule has 0 radical (unpaired) electrons. The Morgan fingerprint density at radius 2 is 1.94 bits per heavy atom. The van der Waals surface area contributed by atoms with Crippen LogP contribution in [0.2, 0.25) is 0 Å². The molecular weight excluding hydrogens is 402 g/mol. The van der Waals surface area contributed by atoms with E-state index in [0.717, 1.165) is 37.1 Å². The lowest BCUT2D eigenvalue weighted by molar-refractivity contribution is -0.135. The van der Waals surface area contributed by atoms with E-state index in [4.69, 9.17) is 0 Å². The lowest BCUT2D eigenvalue weighted by Crippen LogP contribution is -2.48. The van der Waals surface area contributed by atoms with Gasteiger partial charge >= 0.3 is 0 Å². The summed E-state index contributed by atoms with van der Waals surface area (Å²) in [4.78, 5) is 31.1. The topological polar surface area (TPSA) is 65.8 Å². The molecule has 2 fully saturated rings. The van der Waals surface area contributed by atoms with Crippen molar-refractivity contribution in [2.24, 2.45) is 17.8 Å². The first-order valence-electron chi connectivity index (χ1n) is 12.5. The third kappa shape index (κ3) is 3.56. The molecule has 0 aromatic carbocycles. The predicted molar refractivity (Wildman–Crippen MR) is 125 cm³/mol. The Balaban J connectivity index is 1.58. The number of aliphatic hydroxyl groups is 1. The second-order valence-corrected chi connectivity index (χ2v) is 10.5. The zero-order valence-electron chi connectivity index (χ0n) is 19.5. The monoisotopic (exact) mass is 439 g/mol. The van der Waals surface area contributed by atoms with Gasteiger partial charge < -0.3 is 14.6 Å². The van der Waals surface area contributed by atoms with Gasteiger partial charge in [-0.1, -0.05) is 25.3 Å². The molecule has 6 nitrogen and oxygen atoms in total. The lowest BCUT2D eigenvalue weighted by Gasteiger charge is -2.41. The van der Waals surface area contributed by atoms with Gasteiger partial charge in [0, 0.05) is 57.0 Å². The van der Waals surface area contributed by atoms with Crippen LogP contribution in [-0.2, 0) is 11.3 Å². The molecule has 4 aliphatic rings. The summed E-state index contributed by atoms with van der Waals surface area (Å²) in [6.45, 7) is 1.51. The van der Waals surface area contributed by atoms with Crippen LogP contribution in [0.25, 0.3) is 5.57 Å². The number of hydrogen-bond donors (Lipinski definition) is 1. The van der Waals surface area contributed by atoms with E-state index in [1.807, 2.05) is 10.6 Å². The minimum atomic E-state index is -0.312. The number of aliphatic hydroxyl groups excluding tert-OH is 1. The molecule has 1 aromatic rings. The van der Waals surface area contributed by atoms with Gasteiger partial charge in [-0.15, -0.1) is 0 Å². The summed E-state index contributed by atoms with van der Waals surface area (Å²) in [7, 11) is 3.60. The molecule has 1 amide bonds. The van der Waals surface area contributed by atoms with Crippen molar-refractivity contribution < 1.29 is 9.90 Å². The van der Waals surface area contributed by atoms with E-state index >= 15 is 0 Å². The Kier molecular flexibility index (Phi) is 6.01. The van der Waals surface area contributed by atoms with E-state index in [2.05, 4.69) is 17.0 Å². The highest BCUT2D eigenvalue weighted by atomic mass is 16.3. The molecule has 0 unspecified atom stereocenters. The van der Waals surface area contributed by atoms with Crippen molar-refractivity contribution in [3.63, 3.8) is 0 Å². The molecule has 0 spiro atoms. The Hall–Kier alpha value is -1.92. The van der Waals surface area contributed by atoms with Crippen molar-refractivity contribution in [2.45, 2.75) is 70.0 Å². The van der Waals surface area contributed by atoms with Crippen LogP contribution in [0.5, 0.6) is 0 Å². The summed E-state index contributed by atoms with van der Waals surface area (Å²) in [5.41, 5.74) is 3.03. The quantitative estimate of drug-likeness (QED) is 0.766. The second kappa shape index (κ2) is 8.79. The highest BCUT2D eigenvalue weighted by Crippen LogP contribution is 2.49. The number of pyridine rings is 1. The van der Waals surface area contributed by atoms with Crippen molar-refractivity contribution in [3.8, 4) is 0 Å². The van der Waals surface area contributed by atoms with Crippen molar-refractivity contribution >= 4 is 11.5 Å². The second-order valence-electron chi connectivity index (χ2n) is 10.5. The number of hydrogen-bond acceptors (Lipinski definition) is 4. The number of nitrogens with zero attached hydrogens (tertiary/aromatic N) is 3. The largest absolute Gasteiger partial charge is 0.396 e. The van der Waals surface area contributed by atoms with Crippen LogP contribution in [-0.4, -0.2) is 58.7 Å². The van der Waals surface area contributed by atoms with Gasteiger partial charge in [-0.2, -0.15) is 0 Å². The molecule has 1 saturated carbocycles. The summed E-state index contributed by atoms with van der Waals surface area (Å²) in [5.74, 6) is 0.247. The predicted octanol–water partition coefficient (Wildman–Crippen LogP) is 3.05. The van der Waals surface area contributed by atoms with Crippen LogP contribution in [0.3, 0.4) is 0 Å². The number of carbonyl (C=O) groups is 1. The van der Waals surface area contributed by atoms with Gasteiger partial charge in [-0.3, -0.25) is 14.5 Å². The highest BCUT2D eigenvalue weighted by molar-refractivity contribution is 5.80. The summed E-state index contributed by atoms with van der Waals surface area (Å²) >= 11 is 0. The van der Waals surface area contributed by atoms with E-state index in [9.17, 15) is 14.7 Å². The van der Waals surface area contributed by atoms with Crippen LogP contribution in [0.4, 0.5) is 0 Å². The standard InChI is InChI=1S/C26H37N3O3/c1-27(2)26(32)23-20(16-30)22-15-29-21(13-12-19(25(29)31)18-10-6-7-11-18)24(23)28(22)14-17-8-4-3-5-9-17/h10,12-13,17,20,22-24,30H,3-9,11,14-16H2,1-2H3/t20-,22-,23+,24+/m1/s1. The molecular formula is C26H37N3O3. The smallest absolute Gasteiger partial charge is 0.258 e. The normalized spacial score (nSPS) is 30.3. The third-order valence-electron chi connectivity index (χ3n) is 8.48. The van der Waals surface area contributed by atoms with Gasteiger partial charge in [-0.25, -0.2) is 0 Å². The van der Waals surface area contributed by atoms with Crippen LogP contribution in [0.1, 0.15) is 68.7 Å². The number of allylic oxidation sites excluding steroid dienone is 2. The molecule has 32 heavy (non-hydrogen) atoms. The first-order chi connectivity index (χ1) is 15.5. The Labute approximate surface area is 190 Å². The number of fused-ring (bicyclic) bond motifs is 4. The third-order valence-corrected chi connectivity index (χ3v) is 8.48. The molecule has 5 rings (SSSR count). The van der Waals surface area contributed by atoms with Crippen molar-refractivity contribution in [1.82, 2.24) is 14.4 Å². The van der Waals surface area contributed by atoms with Crippen LogP contribution in [0, 0.1) is 17.8 Å². The van der Waals surface area contributed by atoms with Gasteiger partial charge in [0.2, 0.25) is 5.91 Å². The molecule has 6 heteroatoms. The first kappa shape index (κ1) is 21.9. The fourth-order valence-electron chi connectivity index (χ4n) is 6.88. The van der Waals surface area contributed by atoms with Crippen molar-refractivity contribution in [3.05, 3.63) is 39.8 Å². The maximum atomic E-state index is 13.6. The van der Waals surface area contributed by atoms with E-state index in [0.29, 0.717) is 12.5 Å². The average molecular weight is 440 g/mol. The number of aromatic nitrogens is 1. The fourth-order valence-corrected chi connectivity index (χ4v) is 6.88. The van der Waals surface area contributed by atoms with E-state index in [-0.39, 0.29) is 42.0 Å². The molecule has 4 atom stereocenters. The van der Waals surface area contributed by atoms with Crippen molar-refractivity contribution in [1.29, 1.82) is 0 Å². The molecule has 2 bridgehead atoms. The highest BCUT2D eigenvalue weighted by Gasteiger charge is 2.56. The molecule has 2 aliphatic heterocycles. The van der Waals surface area contributed by atoms with Gasteiger partial charge in [0.05, 0.1) is 12.0 Å². The zero-order valence-corrected chi connectivity index (χ0v) is 19.5. The van der Waals surface area contributed by atoms with Crippen LogP contribution >= 0.6 is 0 Å². The van der Waals surface area contributed by atoms with Crippen LogP contribution < -0.4 is 5.56 Å². The Morgan fingerprint density at radius 1 is 1.16 bits per heavy atom. The summed E-state index contributed by atoms with van der Waals surface area (Å²) in [6, 6.07) is 3.98. The molecule has 3 heterocycles. The van der Waals surface area contributed by atoms with Gasteiger partial charge in [0.15, 0.2) is 0 Å². The van der Waals surface area contributed by atoms with Gasteiger partial charge in [-0.05, 0) is 55.7 Å². The number of carbonyl (C=O) groups excluding carboxylic acids is 1. The molecule has 2 aliphatic carbocycles. The number of rotatable bonds is 5. The summed E-state index contributed by atoms with van der Waals surface area (Å²) in [6.07, 6.45) is 11.7. The average Bonchev–Trinajstić information content (AvgIpc) is 3.39. The SMILES string of the molecule is CN(C)C(=O)[C@H]1[C@H](CO)[C@H]2Cn3c(ccc(C4=CCCC4)c3=O)[C@@H]1N2CC1CCCCC1. The van der Waals surface area contributed by atoms with Crippen LogP contribution in [0.15, 0.2) is 23.0 Å². The fraction of sp³-hybridized carbons (Fsp3) is 0.692. The van der Waals surface area contributed by atoms with E-state index in [1.54, 1.807) is 19.0 Å². The minimum Gasteiger partial charge on any atom is -0.396 e. The number of amides is 1. The Morgan fingerprint density at radius 3 is 2.59 bits per heavy atom. The van der Waals surface area contributed by atoms with Crippen molar-refractivity contribution in [2.75, 3.05) is 27.2 Å². The maximum Gasteiger partial charge on any atom is 0.258 e. The zero-order chi connectivity index (χ0) is 22.4. The molecule has 1 N–H and O–H groups in total. The van der Waals surface area contributed by atoms with E-state index in [1.165, 1.54) is 37.7 Å². The summed E-state index contributed by atoms with van der Waals surface area (Å²) in [5, 5.41) is 10.4. The van der Waals surface area contributed by atoms with Gasteiger partial charge in [0.1, 0.15) is 0 Å². The molecule has 174 valence electrons. The first-order valence-corrected chi connectivity index (χ1v) is 12.5.